The van der Waals surface area contributed by atoms with Crippen LogP contribution in [0.4, 0.5) is 13.2 Å². The van der Waals surface area contributed by atoms with Gasteiger partial charge in [0.15, 0.2) is 5.78 Å². The fraction of sp³-hybridized carbons (Fsp3) is 0.400. The number of carboxylic acid groups (broad SMARTS) is 1. The number of aromatic carboxylic acids is 1. The summed E-state index contributed by atoms with van der Waals surface area (Å²) in [4.78, 5) is 22.2. The molecule has 0 spiro atoms. The second-order valence-electron chi connectivity index (χ2n) is 3.82. The summed E-state index contributed by atoms with van der Waals surface area (Å²) in [6.45, 7) is 0. The Kier molecular flexibility index (Phi) is 2.48. The number of Topliss-reactive ketones (excluding diaryl/α,β-unsaturated/α-hetero) is 1. The van der Waals surface area contributed by atoms with Crippen LogP contribution in [-0.2, 0) is 6.42 Å². The van der Waals surface area contributed by atoms with Crippen molar-refractivity contribution >= 4 is 11.8 Å². The van der Waals surface area contributed by atoms with Gasteiger partial charge in [-0.3, -0.25) is 4.79 Å². The van der Waals surface area contributed by atoms with Crippen molar-refractivity contribution in [3.63, 3.8) is 0 Å². The van der Waals surface area contributed by atoms with Crippen LogP contribution in [0.2, 0.25) is 0 Å². The number of carbonyl (C=O) groups excluding carboxylic acids is 1. The Balaban J connectivity index is 2.40. The van der Waals surface area contributed by atoms with Crippen LogP contribution >= 0.6 is 0 Å². The van der Waals surface area contributed by atoms with E-state index in [4.69, 9.17) is 9.52 Å². The molecule has 0 fully saturated rings. The lowest BCUT2D eigenvalue weighted by molar-refractivity contribution is -0.174. The number of furan rings is 1. The standard InChI is InChI=1S/C10H7F3O4/c11-10(12,13)4-1-6(14)8-5(9(15)16)3-17-7(8)2-4/h3-4H,1-2H2,(H,15,16)/t4-/m0/s1. The van der Waals surface area contributed by atoms with Gasteiger partial charge in [-0.05, 0) is 0 Å². The van der Waals surface area contributed by atoms with Gasteiger partial charge < -0.3 is 9.52 Å². The van der Waals surface area contributed by atoms with Gasteiger partial charge in [0.05, 0.1) is 11.5 Å². The van der Waals surface area contributed by atoms with Crippen molar-refractivity contribution in [3.8, 4) is 0 Å². The quantitative estimate of drug-likeness (QED) is 0.827. The summed E-state index contributed by atoms with van der Waals surface area (Å²) in [6.07, 6.45) is -4.89. The van der Waals surface area contributed by atoms with Crippen LogP contribution in [0.1, 0.15) is 32.9 Å². The zero-order valence-electron chi connectivity index (χ0n) is 8.37. The molecule has 0 aliphatic heterocycles. The molecule has 0 amide bonds. The van der Waals surface area contributed by atoms with Crippen molar-refractivity contribution < 1.29 is 32.3 Å². The van der Waals surface area contributed by atoms with Gasteiger partial charge in [-0.1, -0.05) is 0 Å². The number of rotatable bonds is 1. The molecule has 1 aromatic rings. The van der Waals surface area contributed by atoms with E-state index in [-0.39, 0.29) is 16.9 Å². The molecular formula is C10H7F3O4. The van der Waals surface area contributed by atoms with Crippen LogP contribution in [0.5, 0.6) is 0 Å². The van der Waals surface area contributed by atoms with E-state index in [1.807, 2.05) is 0 Å². The molecule has 7 heteroatoms. The number of hydrogen-bond acceptors (Lipinski definition) is 3. The number of halogens is 3. The van der Waals surface area contributed by atoms with Crippen LogP contribution in [0.3, 0.4) is 0 Å². The SMILES string of the molecule is O=C(O)c1coc2c1C(=O)C[C@H](C(F)(F)F)C2. The number of ketones is 1. The zero-order chi connectivity index (χ0) is 12.8. The van der Waals surface area contributed by atoms with Crippen LogP contribution in [-0.4, -0.2) is 23.0 Å². The summed E-state index contributed by atoms with van der Waals surface area (Å²) in [5.74, 6) is -4.20. The Morgan fingerprint density at radius 1 is 1.41 bits per heavy atom. The topological polar surface area (TPSA) is 67.5 Å². The smallest absolute Gasteiger partial charge is 0.392 e. The van der Waals surface area contributed by atoms with E-state index in [0.29, 0.717) is 0 Å². The minimum atomic E-state index is -4.48. The Bertz CT molecular complexity index is 486. The third-order valence-corrected chi connectivity index (χ3v) is 2.70. The minimum absolute atomic E-state index is 0.194. The zero-order valence-corrected chi connectivity index (χ0v) is 8.37. The predicted molar refractivity (Wildman–Crippen MR) is 47.9 cm³/mol. The molecule has 1 aromatic heterocycles. The first-order chi connectivity index (χ1) is 7.80. The maximum absolute atomic E-state index is 12.5. The molecule has 17 heavy (non-hydrogen) atoms. The van der Waals surface area contributed by atoms with Crippen LogP contribution in [0.15, 0.2) is 10.7 Å². The van der Waals surface area contributed by atoms with Gasteiger partial charge in [-0.2, -0.15) is 13.2 Å². The number of fused-ring (bicyclic) bond motifs is 1. The van der Waals surface area contributed by atoms with Crippen molar-refractivity contribution in [1.82, 2.24) is 0 Å². The lowest BCUT2D eigenvalue weighted by Crippen LogP contribution is -2.31. The van der Waals surface area contributed by atoms with E-state index < -0.39 is 36.7 Å². The van der Waals surface area contributed by atoms with E-state index in [2.05, 4.69) is 0 Å². The second kappa shape index (κ2) is 3.61. The summed E-state index contributed by atoms with van der Waals surface area (Å²) >= 11 is 0. The van der Waals surface area contributed by atoms with E-state index in [1.54, 1.807) is 0 Å². The molecule has 0 unspecified atom stereocenters. The van der Waals surface area contributed by atoms with E-state index in [9.17, 15) is 22.8 Å². The number of carbonyl (C=O) groups is 2. The van der Waals surface area contributed by atoms with E-state index in [1.165, 1.54) is 0 Å². The Hall–Kier alpha value is -1.79. The van der Waals surface area contributed by atoms with Crippen LogP contribution in [0.25, 0.3) is 0 Å². The van der Waals surface area contributed by atoms with Crippen LogP contribution in [0, 0.1) is 5.92 Å². The highest BCUT2D eigenvalue weighted by molar-refractivity contribution is 6.07. The molecule has 2 rings (SSSR count). The molecule has 0 aromatic carbocycles. The highest BCUT2D eigenvalue weighted by Crippen LogP contribution is 2.38. The maximum Gasteiger partial charge on any atom is 0.392 e. The first kappa shape index (κ1) is 11.7. The molecular weight excluding hydrogens is 241 g/mol. The second-order valence-corrected chi connectivity index (χ2v) is 3.82. The van der Waals surface area contributed by atoms with Crippen molar-refractivity contribution in [1.29, 1.82) is 0 Å². The van der Waals surface area contributed by atoms with Crippen molar-refractivity contribution in [2.75, 3.05) is 0 Å². The molecule has 1 aliphatic carbocycles. The Morgan fingerprint density at radius 2 is 2.06 bits per heavy atom. The fourth-order valence-corrected chi connectivity index (χ4v) is 1.86. The first-order valence-electron chi connectivity index (χ1n) is 4.74. The third-order valence-electron chi connectivity index (χ3n) is 2.70. The third kappa shape index (κ3) is 1.92. The summed E-state index contributed by atoms with van der Waals surface area (Å²) in [5.41, 5.74) is -0.594. The monoisotopic (exact) mass is 248 g/mol. The normalized spacial score (nSPS) is 20.2. The lowest BCUT2D eigenvalue weighted by Gasteiger charge is -2.22. The molecule has 0 saturated carbocycles. The molecule has 0 radical (unpaired) electrons. The van der Waals surface area contributed by atoms with Gasteiger partial charge in [0.2, 0.25) is 0 Å². The van der Waals surface area contributed by atoms with Gasteiger partial charge in [0.25, 0.3) is 0 Å². The lowest BCUT2D eigenvalue weighted by atomic mass is 9.85. The van der Waals surface area contributed by atoms with Gasteiger partial charge >= 0.3 is 12.1 Å². The Morgan fingerprint density at radius 3 is 2.59 bits per heavy atom. The number of hydrogen-bond donors (Lipinski definition) is 1. The highest BCUT2D eigenvalue weighted by atomic mass is 19.4. The van der Waals surface area contributed by atoms with Crippen molar-refractivity contribution in [3.05, 3.63) is 23.2 Å². The van der Waals surface area contributed by atoms with Crippen molar-refractivity contribution in [2.24, 2.45) is 5.92 Å². The number of carboxylic acids is 1. The molecule has 1 N–H and O–H groups in total. The fourth-order valence-electron chi connectivity index (χ4n) is 1.86. The molecule has 92 valence electrons. The molecule has 1 aliphatic rings. The van der Waals surface area contributed by atoms with E-state index in [0.717, 1.165) is 6.26 Å². The first-order valence-corrected chi connectivity index (χ1v) is 4.74. The average molecular weight is 248 g/mol. The number of alkyl halides is 3. The molecule has 0 saturated heterocycles. The van der Waals surface area contributed by atoms with Crippen molar-refractivity contribution in [2.45, 2.75) is 19.0 Å². The molecule has 1 atom stereocenters. The van der Waals surface area contributed by atoms with Gasteiger partial charge in [0, 0.05) is 12.8 Å². The maximum atomic E-state index is 12.5. The molecule has 0 bridgehead atoms. The van der Waals surface area contributed by atoms with Crippen LogP contribution < -0.4 is 0 Å². The van der Waals surface area contributed by atoms with Gasteiger partial charge in [-0.15, -0.1) is 0 Å². The summed E-state index contributed by atoms with van der Waals surface area (Å²) < 4.78 is 42.1. The van der Waals surface area contributed by atoms with Gasteiger partial charge in [-0.25, -0.2) is 4.79 Å². The van der Waals surface area contributed by atoms with Gasteiger partial charge in [0.1, 0.15) is 17.6 Å². The Labute approximate surface area is 93.0 Å². The predicted octanol–water partition coefficient (Wildman–Crippen LogP) is 2.29. The largest absolute Gasteiger partial charge is 0.478 e. The average Bonchev–Trinajstić information content (AvgIpc) is 2.60. The summed E-state index contributed by atoms with van der Waals surface area (Å²) in [5, 5.41) is 8.74. The summed E-state index contributed by atoms with van der Waals surface area (Å²) in [7, 11) is 0. The minimum Gasteiger partial charge on any atom is -0.478 e. The molecule has 4 nitrogen and oxygen atoms in total. The summed E-state index contributed by atoms with van der Waals surface area (Å²) in [6, 6.07) is 0. The highest BCUT2D eigenvalue weighted by Gasteiger charge is 2.46. The van der Waals surface area contributed by atoms with E-state index >= 15 is 0 Å². The molecule has 1 heterocycles.